The van der Waals surface area contributed by atoms with Gasteiger partial charge in [-0.25, -0.2) is 4.79 Å². The van der Waals surface area contributed by atoms with Crippen LogP contribution in [0.15, 0.2) is 91.5 Å². The average Bonchev–Trinajstić information content (AvgIpc) is 2.65. The molecule has 0 bridgehead atoms. The molecular formula is C22H19NO2. The van der Waals surface area contributed by atoms with Crippen LogP contribution in [0.4, 0.5) is 17.1 Å². The third-order valence-corrected chi connectivity index (χ3v) is 3.85. The Morgan fingerprint density at radius 3 is 2.12 bits per heavy atom. The van der Waals surface area contributed by atoms with Crippen LogP contribution >= 0.6 is 0 Å². The third kappa shape index (κ3) is 3.78. The van der Waals surface area contributed by atoms with Gasteiger partial charge >= 0.3 is 5.97 Å². The van der Waals surface area contributed by atoms with E-state index in [1.165, 1.54) is 5.56 Å². The van der Waals surface area contributed by atoms with Gasteiger partial charge in [-0.2, -0.15) is 0 Å². The monoisotopic (exact) mass is 329 g/mol. The topological polar surface area (TPSA) is 29.5 Å². The summed E-state index contributed by atoms with van der Waals surface area (Å²) in [6.07, 6.45) is 1.15. The molecule has 0 spiro atoms. The highest BCUT2D eigenvalue weighted by Crippen LogP contribution is 2.36. The van der Waals surface area contributed by atoms with E-state index < -0.39 is 5.97 Å². The Kier molecular flexibility index (Phi) is 4.95. The molecule has 0 aliphatic heterocycles. The zero-order valence-corrected chi connectivity index (χ0v) is 14.1. The maximum Gasteiger partial charge on any atom is 0.335 e. The average molecular weight is 329 g/mol. The summed E-state index contributed by atoms with van der Waals surface area (Å²) in [7, 11) is 0. The lowest BCUT2D eigenvalue weighted by Crippen LogP contribution is -2.11. The number of para-hydroxylation sites is 2. The minimum atomic E-state index is -0.466. The van der Waals surface area contributed by atoms with Gasteiger partial charge in [-0.3, -0.25) is 0 Å². The number of carbonyl (C=O) groups is 1. The third-order valence-electron chi connectivity index (χ3n) is 3.85. The smallest absolute Gasteiger partial charge is 0.335 e. The summed E-state index contributed by atoms with van der Waals surface area (Å²) < 4.78 is 5.16. The first-order valence-corrected chi connectivity index (χ1v) is 8.04. The van der Waals surface area contributed by atoms with Crippen LogP contribution < -0.4 is 9.64 Å². The van der Waals surface area contributed by atoms with Crippen molar-refractivity contribution in [2.24, 2.45) is 0 Å². The Morgan fingerprint density at radius 1 is 0.880 bits per heavy atom. The Balaban J connectivity index is 2.02. The first-order valence-electron chi connectivity index (χ1n) is 8.04. The molecule has 0 aliphatic rings. The van der Waals surface area contributed by atoms with Gasteiger partial charge in [-0.15, -0.1) is 0 Å². The van der Waals surface area contributed by atoms with Crippen LogP contribution in [0.2, 0.25) is 0 Å². The Bertz CT molecular complexity index is 870. The maximum absolute atomic E-state index is 11.3. The number of ether oxygens (including phenoxy) is 1. The highest BCUT2D eigenvalue weighted by molar-refractivity contribution is 5.83. The maximum atomic E-state index is 11.3. The molecule has 124 valence electrons. The van der Waals surface area contributed by atoms with Crippen LogP contribution in [0.25, 0.3) is 0 Å². The largest absolute Gasteiger partial charge is 0.423 e. The lowest BCUT2D eigenvalue weighted by molar-refractivity contribution is -0.128. The Morgan fingerprint density at radius 2 is 1.48 bits per heavy atom. The normalized spacial score (nSPS) is 10.1. The minimum Gasteiger partial charge on any atom is -0.423 e. The van der Waals surface area contributed by atoms with E-state index in [4.69, 9.17) is 4.74 Å². The zero-order chi connectivity index (χ0) is 17.6. The number of aryl methyl sites for hydroxylation is 1. The predicted molar refractivity (Wildman–Crippen MR) is 102 cm³/mol. The molecule has 0 atom stereocenters. The standard InChI is InChI=1S/C22H19NO2/c1-3-22(24)25-20-15-13-19(14-16-20)23(18-10-5-4-6-11-18)21-12-8-7-9-17(21)2/h3-16H,1H2,2H3. The van der Waals surface area contributed by atoms with E-state index in [2.05, 4.69) is 42.7 Å². The van der Waals surface area contributed by atoms with E-state index in [9.17, 15) is 4.79 Å². The Hall–Kier alpha value is -3.33. The lowest BCUT2D eigenvalue weighted by atomic mass is 10.1. The van der Waals surface area contributed by atoms with Gasteiger partial charge in [-0.05, 0) is 55.0 Å². The van der Waals surface area contributed by atoms with Gasteiger partial charge < -0.3 is 9.64 Å². The first-order chi connectivity index (χ1) is 12.2. The minimum absolute atomic E-state index is 0.466. The molecule has 25 heavy (non-hydrogen) atoms. The van der Waals surface area contributed by atoms with E-state index in [1.54, 1.807) is 12.1 Å². The van der Waals surface area contributed by atoms with Crippen molar-refractivity contribution < 1.29 is 9.53 Å². The van der Waals surface area contributed by atoms with Crippen LogP contribution in [-0.4, -0.2) is 5.97 Å². The van der Waals surface area contributed by atoms with Gasteiger partial charge in [0.05, 0.1) is 0 Å². The molecule has 3 aromatic carbocycles. The van der Waals surface area contributed by atoms with Crippen LogP contribution in [0.1, 0.15) is 5.56 Å². The van der Waals surface area contributed by atoms with Gasteiger partial charge in [-0.1, -0.05) is 43.0 Å². The number of hydrogen-bond donors (Lipinski definition) is 0. The zero-order valence-electron chi connectivity index (χ0n) is 14.1. The summed E-state index contributed by atoms with van der Waals surface area (Å²) in [5.41, 5.74) is 4.32. The van der Waals surface area contributed by atoms with E-state index in [-0.39, 0.29) is 0 Å². The van der Waals surface area contributed by atoms with Crippen LogP contribution in [0.3, 0.4) is 0 Å². The molecule has 3 aromatic rings. The fourth-order valence-electron chi connectivity index (χ4n) is 2.64. The number of anilines is 3. The van der Waals surface area contributed by atoms with E-state index in [0.29, 0.717) is 5.75 Å². The van der Waals surface area contributed by atoms with Crippen LogP contribution in [0, 0.1) is 6.92 Å². The summed E-state index contributed by atoms with van der Waals surface area (Å²) in [6.45, 7) is 5.50. The molecule has 3 nitrogen and oxygen atoms in total. The molecule has 3 rings (SSSR count). The predicted octanol–water partition coefficient (Wildman–Crippen LogP) is 5.56. The number of esters is 1. The second kappa shape index (κ2) is 7.49. The molecule has 0 heterocycles. The van der Waals surface area contributed by atoms with Crippen molar-refractivity contribution in [2.45, 2.75) is 6.92 Å². The lowest BCUT2D eigenvalue weighted by Gasteiger charge is -2.27. The second-order valence-electron chi connectivity index (χ2n) is 5.58. The van der Waals surface area contributed by atoms with Crippen LogP contribution in [-0.2, 0) is 4.79 Å². The van der Waals surface area contributed by atoms with E-state index in [1.807, 2.05) is 42.5 Å². The van der Waals surface area contributed by atoms with Gasteiger partial charge in [0, 0.05) is 23.1 Å². The number of nitrogens with zero attached hydrogens (tertiary/aromatic N) is 1. The molecule has 0 N–H and O–H groups in total. The molecular weight excluding hydrogens is 310 g/mol. The van der Waals surface area contributed by atoms with Crippen molar-refractivity contribution in [3.8, 4) is 5.75 Å². The van der Waals surface area contributed by atoms with Crippen molar-refractivity contribution >= 4 is 23.0 Å². The quantitative estimate of drug-likeness (QED) is 0.349. The second-order valence-corrected chi connectivity index (χ2v) is 5.58. The molecule has 0 fully saturated rings. The summed E-state index contributed by atoms with van der Waals surface area (Å²) >= 11 is 0. The van der Waals surface area contributed by atoms with Crippen molar-refractivity contribution in [1.82, 2.24) is 0 Å². The SMILES string of the molecule is C=CC(=O)Oc1ccc(N(c2ccccc2)c2ccccc2C)cc1. The summed E-state index contributed by atoms with van der Waals surface area (Å²) in [4.78, 5) is 13.5. The fraction of sp³-hybridized carbons (Fsp3) is 0.0455. The molecule has 0 saturated carbocycles. The number of rotatable bonds is 5. The summed E-state index contributed by atoms with van der Waals surface area (Å²) in [6, 6.07) is 25.8. The van der Waals surface area contributed by atoms with Crippen molar-refractivity contribution in [3.63, 3.8) is 0 Å². The van der Waals surface area contributed by atoms with Gasteiger partial charge in [0.15, 0.2) is 0 Å². The van der Waals surface area contributed by atoms with E-state index >= 15 is 0 Å². The number of benzene rings is 3. The van der Waals surface area contributed by atoms with Gasteiger partial charge in [0.1, 0.15) is 5.75 Å². The van der Waals surface area contributed by atoms with Crippen molar-refractivity contribution in [2.75, 3.05) is 4.90 Å². The van der Waals surface area contributed by atoms with Crippen LogP contribution in [0.5, 0.6) is 5.75 Å². The highest BCUT2D eigenvalue weighted by atomic mass is 16.5. The molecule has 3 heteroatoms. The molecule has 0 radical (unpaired) electrons. The van der Waals surface area contributed by atoms with Crippen molar-refractivity contribution in [1.29, 1.82) is 0 Å². The van der Waals surface area contributed by atoms with E-state index in [0.717, 1.165) is 23.1 Å². The van der Waals surface area contributed by atoms with Gasteiger partial charge in [0.2, 0.25) is 0 Å². The highest BCUT2D eigenvalue weighted by Gasteiger charge is 2.14. The fourth-order valence-corrected chi connectivity index (χ4v) is 2.64. The number of carbonyl (C=O) groups excluding carboxylic acids is 1. The number of hydrogen-bond acceptors (Lipinski definition) is 3. The Labute approximate surface area is 147 Å². The first kappa shape index (κ1) is 16.5. The molecule has 0 aliphatic carbocycles. The van der Waals surface area contributed by atoms with Gasteiger partial charge in [0.25, 0.3) is 0 Å². The molecule has 0 unspecified atom stereocenters. The summed E-state index contributed by atoms with van der Waals surface area (Å²) in [5.74, 6) is 0.0259. The summed E-state index contributed by atoms with van der Waals surface area (Å²) in [5, 5.41) is 0. The van der Waals surface area contributed by atoms with Crippen molar-refractivity contribution in [3.05, 3.63) is 97.1 Å². The molecule has 0 saturated heterocycles. The molecule has 0 amide bonds. The molecule has 0 aromatic heterocycles.